The van der Waals surface area contributed by atoms with Crippen molar-refractivity contribution in [3.8, 4) is 0 Å². The van der Waals surface area contributed by atoms with E-state index in [1.165, 1.54) is 0 Å². The van der Waals surface area contributed by atoms with Gasteiger partial charge in [0.25, 0.3) is 5.91 Å². The second kappa shape index (κ2) is 6.09. The van der Waals surface area contributed by atoms with Crippen molar-refractivity contribution < 1.29 is 18.7 Å². The van der Waals surface area contributed by atoms with Crippen LogP contribution in [-0.4, -0.2) is 19.1 Å². The highest BCUT2D eigenvalue weighted by molar-refractivity contribution is 6.02. The molecular formula is C15H16N2O4. The van der Waals surface area contributed by atoms with Crippen LogP contribution in [0, 0.1) is 0 Å². The lowest BCUT2D eigenvalue weighted by Crippen LogP contribution is -2.11. The van der Waals surface area contributed by atoms with Crippen LogP contribution in [0.3, 0.4) is 0 Å². The molecule has 2 aromatic rings. The van der Waals surface area contributed by atoms with Crippen molar-refractivity contribution in [2.45, 2.75) is 12.8 Å². The van der Waals surface area contributed by atoms with Crippen molar-refractivity contribution in [1.29, 1.82) is 0 Å². The number of carbonyl (C=O) groups is 1. The third kappa shape index (κ3) is 3.13. The fraction of sp³-hybridized carbons (Fsp3) is 0.267. The molecule has 0 spiro atoms. The Bertz CT molecular complexity index is 615. The van der Waals surface area contributed by atoms with E-state index >= 15 is 0 Å². The lowest BCUT2D eigenvalue weighted by Gasteiger charge is -2.10. The summed E-state index contributed by atoms with van der Waals surface area (Å²) in [4.78, 5) is 12.0. The molecule has 2 heterocycles. The first-order valence-electron chi connectivity index (χ1n) is 6.69. The second-order valence-electron chi connectivity index (χ2n) is 4.62. The average Bonchev–Trinajstić information content (AvgIpc) is 3.19. The molecule has 1 aliphatic rings. The maximum absolute atomic E-state index is 12.0. The Morgan fingerprint density at radius 2 is 1.86 bits per heavy atom. The molecule has 1 fully saturated rings. The summed E-state index contributed by atoms with van der Waals surface area (Å²) in [6.07, 6.45) is -0.313. The molecule has 3 rings (SSSR count). The molecule has 0 aliphatic carbocycles. The van der Waals surface area contributed by atoms with Crippen LogP contribution in [0.15, 0.2) is 40.8 Å². The molecule has 0 radical (unpaired) electrons. The van der Waals surface area contributed by atoms with Crippen LogP contribution in [0.4, 0.5) is 5.69 Å². The zero-order valence-corrected chi connectivity index (χ0v) is 11.4. The van der Waals surface area contributed by atoms with Gasteiger partial charge >= 0.3 is 0 Å². The van der Waals surface area contributed by atoms with E-state index in [0.29, 0.717) is 24.7 Å². The number of furan rings is 1. The monoisotopic (exact) mass is 288 g/mol. The van der Waals surface area contributed by atoms with Crippen LogP contribution >= 0.6 is 0 Å². The predicted molar refractivity (Wildman–Crippen MR) is 75.6 cm³/mol. The molecule has 110 valence electrons. The molecule has 0 saturated carbocycles. The summed E-state index contributed by atoms with van der Waals surface area (Å²) in [6.45, 7) is 1.47. The van der Waals surface area contributed by atoms with Gasteiger partial charge in [0, 0.05) is 11.3 Å². The van der Waals surface area contributed by atoms with Crippen molar-refractivity contribution in [3.05, 3.63) is 53.5 Å². The van der Waals surface area contributed by atoms with Crippen LogP contribution in [0.2, 0.25) is 0 Å². The van der Waals surface area contributed by atoms with Gasteiger partial charge in [-0.3, -0.25) is 4.79 Å². The third-order valence-electron chi connectivity index (χ3n) is 3.15. The zero-order valence-electron chi connectivity index (χ0n) is 11.4. The summed E-state index contributed by atoms with van der Waals surface area (Å²) in [5, 5.41) is 2.76. The quantitative estimate of drug-likeness (QED) is 0.899. The topological polar surface area (TPSA) is 86.7 Å². The van der Waals surface area contributed by atoms with Crippen molar-refractivity contribution in [3.63, 3.8) is 0 Å². The first-order valence-corrected chi connectivity index (χ1v) is 6.69. The summed E-state index contributed by atoms with van der Waals surface area (Å²) in [5.41, 5.74) is 7.04. The van der Waals surface area contributed by atoms with Crippen LogP contribution < -0.4 is 11.1 Å². The van der Waals surface area contributed by atoms with E-state index in [4.69, 9.17) is 19.6 Å². The third-order valence-corrected chi connectivity index (χ3v) is 3.15. The first kappa shape index (κ1) is 13.8. The van der Waals surface area contributed by atoms with Crippen LogP contribution in [0.25, 0.3) is 0 Å². The summed E-state index contributed by atoms with van der Waals surface area (Å²) in [7, 11) is 0. The molecular weight excluding hydrogens is 272 g/mol. The maximum atomic E-state index is 12.0. The van der Waals surface area contributed by atoms with Gasteiger partial charge in [0.1, 0.15) is 5.76 Å². The second-order valence-corrected chi connectivity index (χ2v) is 4.62. The van der Waals surface area contributed by atoms with Gasteiger partial charge in [0.05, 0.1) is 19.8 Å². The number of benzene rings is 1. The lowest BCUT2D eigenvalue weighted by atomic mass is 10.2. The standard InChI is InChI=1S/C15H16N2O4/c16-9-12-5-6-13(21-12)14(18)17-11-3-1-10(2-4-11)15-19-7-8-20-15/h1-6,15H,7-9,16H2,(H,17,18). The molecule has 6 heteroatoms. The van der Waals surface area contributed by atoms with E-state index in [-0.39, 0.29) is 24.5 Å². The molecule has 1 aliphatic heterocycles. The van der Waals surface area contributed by atoms with Crippen molar-refractivity contribution >= 4 is 11.6 Å². The lowest BCUT2D eigenvalue weighted by molar-refractivity contribution is -0.0441. The van der Waals surface area contributed by atoms with Gasteiger partial charge in [-0.1, -0.05) is 12.1 Å². The molecule has 1 aromatic heterocycles. The summed E-state index contributed by atoms with van der Waals surface area (Å²) in [5.74, 6) is 0.504. The highest BCUT2D eigenvalue weighted by Gasteiger charge is 2.18. The molecule has 3 N–H and O–H groups in total. The smallest absolute Gasteiger partial charge is 0.291 e. The Morgan fingerprint density at radius 3 is 2.48 bits per heavy atom. The molecule has 1 aromatic carbocycles. The Balaban J connectivity index is 1.65. The number of rotatable bonds is 4. The summed E-state index contributed by atoms with van der Waals surface area (Å²) in [6, 6.07) is 10.6. The Kier molecular flexibility index (Phi) is 4.01. The highest BCUT2D eigenvalue weighted by Crippen LogP contribution is 2.24. The Hall–Kier alpha value is -2.15. The van der Waals surface area contributed by atoms with E-state index in [1.54, 1.807) is 24.3 Å². The molecule has 6 nitrogen and oxygen atoms in total. The van der Waals surface area contributed by atoms with Crippen LogP contribution in [0.1, 0.15) is 28.2 Å². The van der Waals surface area contributed by atoms with E-state index in [0.717, 1.165) is 5.56 Å². The number of nitrogens with two attached hydrogens (primary N) is 1. The number of hydrogen-bond donors (Lipinski definition) is 2. The van der Waals surface area contributed by atoms with E-state index in [2.05, 4.69) is 5.32 Å². The van der Waals surface area contributed by atoms with Gasteiger partial charge in [0.15, 0.2) is 12.1 Å². The Labute approximate surface area is 121 Å². The van der Waals surface area contributed by atoms with Gasteiger partial charge in [-0.2, -0.15) is 0 Å². The molecule has 0 bridgehead atoms. The maximum Gasteiger partial charge on any atom is 0.291 e. The zero-order chi connectivity index (χ0) is 14.7. The number of nitrogens with one attached hydrogen (secondary N) is 1. The van der Waals surface area contributed by atoms with Gasteiger partial charge in [-0.05, 0) is 24.3 Å². The van der Waals surface area contributed by atoms with Gasteiger partial charge < -0.3 is 24.9 Å². The van der Waals surface area contributed by atoms with E-state index < -0.39 is 0 Å². The van der Waals surface area contributed by atoms with Gasteiger partial charge in [-0.15, -0.1) is 0 Å². The fourth-order valence-electron chi connectivity index (χ4n) is 2.08. The number of amides is 1. The first-order chi connectivity index (χ1) is 10.3. The minimum atomic E-state index is -0.313. The molecule has 0 unspecified atom stereocenters. The van der Waals surface area contributed by atoms with Crippen LogP contribution in [0.5, 0.6) is 0 Å². The number of hydrogen-bond acceptors (Lipinski definition) is 5. The Morgan fingerprint density at radius 1 is 1.14 bits per heavy atom. The largest absolute Gasteiger partial charge is 0.455 e. The molecule has 21 heavy (non-hydrogen) atoms. The van der Waals surface area contributed by atoms with Crippen molar-refractivity contribution in [2.75, 3.05) is 18.5 Å². The van der Waals surface area contributed by atoms with Crippen LogP contribution in [-0.2, 0) is 16.0 Å². The van der Waals surface area contributed by atoms with Gasteiger partial charge in [0.2, 0.25) is 0 Å². The van der Waals surface area contributed by atoms with Gasteiger partial charge in [-0.25, -0.2) is 0 Å². The van der Waals surface area contributed by atoms with Crippen molar-refractivity contribution in [2.24, 2.45) is 5.73 Å². The normalized spacial score (nSPS) is 15.3. The van der Waals surface area contributed by atoms with Crippen molar-refractivity contribution in [1.82, 2.24) is 0 Å². The SMILES string of the molecule is NCc1ccc(C(=O)Nc2ccc(C3OCCO3)cc2)o1. The minimum absolute atomic E-state index is 0.238. The average molecular weight is 288 g/mol. The molecule has 0 atom stereocenters. The summed E-state index contributed by atoms with van der Waals surface area (Å²) >= 11 is 0. The minimum Gasteiger partial charge on any atom is -0.455 e. The highest BCUT2D eigenvalue weighted by atomic mass is 16.7. The van der Waals surface area contributed by atoms with E-state index in [1.807, 2.05) is 12.1 Å². The number of anilines is 1. The molecule has 1 amide bonds. The fourth-order valence-corrected chi connectivity index (χ4v) is 2.08. The number of ether oxygens (including phenoxy) is 2. The molecule has 1 saturated heterocycles. The van der Waals surface area contributed by atoms with E-state index in [9.17, 15) is 4.79 Å². The number of carbonyl (C=O) groups excluding carboxylic acids is 1. The predicted octanol–water partition coefficient (Wildman–Crippen LogP) is 2.04. The summed E-state index contributed by atoms with van der Waals surface area (Å²) < 4.78 is 16.1.